The molecule has 3 fully saturated rings. The van der Waals surface area contributed by atoms with Gasteiger partial charge in [-0.3, -0.25) is 9.59 Å². The van der Waals surface area contributed by atoms with Crippen LogP contribution in [0.3, 0.4) is 0 Å². The second-order valence-corrected chi connectivity index (χ2v) is 15.2. The molecule has 4 heteroatoms. The Hall–Kier alpha value is -1.76. The number of allylic oxidation sites excluding steroid dienone is 2. The van der Waals surface area contributed by atoms with Crippen molar-refractivity contribution >= 4 is 17.9 Å². The number of hydrogen-bond donors (Lipinski definition) is 0. The Bertz CT molecular complexity index is 1050. The third kappa shape index (κ3) is 3.78. The van der Waals surface area contributed by atoms with Gasteiger partial charge in [-0.25, -0.2) is 0 Å². The van der Waals surface area contributed by atoms with Gasteiger partial charge in [0.25, 0.3) is 0 Å². The van der Waals surface area contributed by atoms with E-state index in [1.54, 1.807) is 0 Å². The van der Waals surface area contributed by atoms with Gasteiger partial charge in [-0.2, -0.15) is 5.26 Å². The zero-order valence-electron chi connectivity index (χ0n) is 23.9. The first-order chi connectivity index (χ1) is 16.5. The van der Waals surface area contributed by atoms with Crippen molar-refractivity contribution in [3.63, 3.8) is 0 Å². The van der Waals surface area contributed by atoms with Crippen LogP contribution in [-0.4, -0.2) is 17.9 Å². The fourth-order valence-electron chi connectivity index (χ4n) is 9.71. The van der Waals surface area contributed by atoms with Crippen molar-refractivity contribution in [1.82, 2.24) is 0 Å². The van der Waals surface area contributed by atoms with Gasteiger partial charge >= 0.3 is 0 Å². The molecule has 4 rings (SSSR count). The van der Waals surface area contributed by atoms with Crippen LogP contribution in [0, 0.1) is 61.6 Å². The van der Waals surface area contributed by atoms with Gasteiger partial charge < -0.3 is 4.79 Å². The molecule has 0 amide bonds. The molecule has 7 atom stereocenters. The topological polar surface area (TPSA) is 75.0 Å². The molecule has 3 saturated carbocycles. The smallest absolute Gasteiger partial charge is 0.178 e. The number of nitrogens with zero attached hydrogens (tertiary/aromatic N) is 1. The van der Waals surface area contributed by atoms with E-state index >= 15 is 0 Å². The lowest BCUT2D eigenvalue weighted by molar-refractivity contribution is -0.175. The highest BCUT2D eigenvalue weighted by molar-refractivity contribution is 6.04. The average molecular weight is 494 g/mol. The molecule has 36 heavy (non-hydrogen) atoms. The normalized spacial score (nSPS) is 45.6. The summed E-state index contributed by atoms with van der Waals surface area (Å²) in [4.78, 5) is 39.1. The zero-order valence-corrected chi connectivity index (χ0v) is 23.9. The molecule has 0 N–H and O–H groups in total. The van der Waals surface area contributed by atoms with Gasteiger partial charge in [0, 0.05) is 23.7 Å². The summed E-state index contributed by atoms with van der Waals surface area (Å²) in [6.07, 6.45) is 10.9. The highest BCUT2D eigenvalue weighted by atomic mass is 16.1. The molecule has 0 radical (unpaired) electrons. The van der Waals surface area contributed by atoms with E-state index in [1.165, 1.54) is 6.29 Å². The van der Waals surface area contributed by atoms with Gasteiger partial charge in [0.1, 0.15) is 18.1 Å². The maximum absolute atomic E-state index is 13.4. The minimum atomic E-state index is -0.612. The van der Waals surface area contributed by atoms with Crippen molar-refractivity contribution < 1.29 is 14.4 Å². The van der Waals surface area contributed by atoms with Gasteiger partial charge in [0.15, 0.2) is 5.78 Å². The molecule has 4 aliphatic rings. The summed E-state index contributed by atoms with van der Waals surface area (Å²) < 4.78 is 0. The molecule has 0 saturated heterocycles. The van der Waals surface area contributed by atoms with Gasteiger partial charge in [0.2, 0.25) is 0 Å². The molecule has 0 heterocycles. The molecule has 0 aliphatic heterocycles. The minimum Gasteiger partial charge on any atom is -0.303 e. The Labute approximate surface area is 218 Å². The van der Waals surface area contributed by atoms with Crippen LogP contribution in [0.1, 0.15) is 113 Å². The summed E-state index contributed by atoms with van der Waals surface area (Å²) in [7, 11) is 0. The summed E-state index contributed by atoms with van der Waals surface area (Å²) in [6.45, 7) is 17.7. The highest BCUT2D eigenvalue weighted by Crippen LogP contribution is 2.70. The fourth-order valence-corrected chi connectivity index (χ4v) is 9.71. The van der Waals surface area contributed by atoms with Crippen molar-refractivity contribution in [3.8, 4) is 6.07 Å². The molecule has 4 nitrogen and oxygen atoms in total. The maximum atomic E-state index is 13.4. The molecule has 4 aliphatic carbocycles. The number of carbonyl (C=O) groups is 3. The number of carbonyl (C=O) groups excluding carboxylic acids is 3. The van der Waals surface area contributed by atoms with E-state index < -0.39 is 5.41 Å². The number of aldehydes is 1. The van der Waals surface area contributed by atoms with Crippen LogP contribution in [0.25, 0.3) is 0 Å². The molecule has 0 bridgehead atoms. The summed E-state index contributed by atoms with van der Waals surface area (Å²) >= 11 is 0. The standard InChI is InChI=1S/C32H47NO3/c1-21-16-27(2,3)11-13-32(21,20-34)14-12-29(6)18-23(35)15-25-30(7)17-22(19-33)26(36)28(4,5)24(30)9-10-31(25,29)8/h17,20-21,24-25H,9-16,18H2,1-8H3/t21?,24-,25+,29+,30-,31+,32+/m0/s1. The predicted octanol–water partition coefficient (Wildman–Crippen LogP) is 7.26. The first-order valence-electron chi connectivity index (χ1n) is 14.2. The molecule has 0 spiro atoms. The third-order valence-corrected chi connectivity index (χ3v) is 12.4. The average Bonchev–Trinajstić information content (AvgIpc) is 2.77. The third-order valence-electron chi connectivity index (χ3n) is 12.4. The summed E-state index contributed by atoms with van der Waals surface area (Å²) in [5.74, 6) is 0.777. The minimum absolute atomic E-state index is 0.0527. The maximum Gasteiger partial charge on any atom is 0.178 e. The van der Waals surface area contributed by atoms with E-state index in [0.29, 0.717) is 24.5 Å². The molecule has 198 valence electrons. The van der Waals surface area contributed by atoms with Crippen LogP contribution in [0.5, 0.6) is 0 Å². The van der Waals surface area contributed by atoms with Crippen molar-refractivity contribution in [3.05, 3.63) is 11.6 Å². The van der Waals surface area contributed by atoms with E-state index in [-0.39, 0.29) is 50.3 Å². The number of fused-ring (bicyclic) bond motifs is 3. The molecular formula is C32H47NO3. The number of ketones is 2. The van der Waals surface area contributed by atoms with Gasteiger partial charge in [0.05, 0.1) is 5.57 Å². The van der Waals surface area contributed by atoms with E-state index in [9.17, 15) is 19.6 Å². The number of Topliss-reactive ketones (excluding diaryl/α,β-unsaturated/α-hetero) is 2. The van der Waals surface area contributed by atoms with Crippen LogP contribution in [-0.2, 0) is 14.4 Å². The molecule has 1 unspecified atom stereocenters. The van der Waals surface area contributed by atoms with E-state index in [0.717, 1.165) is 44.9 Å². The Morgan fingerprint density at radius 2 is 1.67 bits per heavy atom. The Morgan fingerprint density at radius 1 is 1.00 bits per heavy atom. The van der Waals surface area contributed by atoms with Gasteiger partial charge in [-0.05, 0) is 84.4 Å². The second kappa shape index (κ2) is 8.37. The van der Waals surface area contributed by atoms with Crippen LogP contribution < -0.4 is 0 Å². The predicted molar refractivity (Wildman–Crippen MR) is 142 cm³/mol. The van der Waals surface area contributed by atoms with Crippen LogP contribution in [0.2, 0.25) is 0 Å². The SMILES string of the molecule is CC1CC(C)(C)CC[C@]1(C=O)CC[C@]1(C)CC(=O)C[C@@H]2[C@@]3(C)C=C(C#N)C(=O)C(C)(C)[C@@H]3CC[C@]21C. The van der Waals surface area contributed by atoms with Crippen molar-refractivity contribution in [2.75, 3.05) is 0 Å². The monoisotopic (exact) mass is 493 g/mol. The first-order valence-corrected chi connectivity index (χ1v) is 14.2. The Kier molecular flexibility index (Phi) is 6.34. The number of hydrogen-bond acceptors (Lipinski definition) is 4. The lowest BCUT2D eigenvalue weighted by atomic mass is 9.37. The molecule has 0 aromatic heterocycles. The van der Waals surface area contributed by atoms with Crippen LogP contribution >= 0.6 is 0 Å². The molecular weight excluding hydrogens is 446 g/mol. The van der Waals surface area contributed by atoms with Gasteiger partial charge in [-0.1, -0.05) is 61.5 Å². The second-order valence-electron chi connectivity index (χ2n) is 15.2. The van der Waals surface area contributed by atoms with Crippen molar-refractivity contribution in [1.29, 1.82) is 5.26 Å². The van der Waals surface area contributed by atoms with E-state index in [4.69, 9.17) is 0 Å². The molecule has 0 aromatic rings. The van der Waals surface area contributed by atoms with E-state index in [2.05, 4.69) is 47.6 Å². The highest BCUT2D eigenvalue weighted by Gasteiger charge is 2.66. The number of nitriles is 1. The lowest BCUT2D eigenvalue weighted by Gasteiger charge is -2.66. The molecule has 0 aromatic carbocycles. The van der Waals surface area contributed by atoms with Crippen molar-refractivity contribution in [2.45, 2.75) is 113 Å². The van der Waals surface area contributed by atoms with Crippen molar-refractivity contribution in [2.24, 2.45) is 50.2 Å². The van der Waals surface area contributed by atoms with E-state index in [1.807, 2.05) is 19.9 Å². The quantitative estimate of drug-likeness (QED) is 0.386. The van der Waals surface area contributed by atoms with Crippen LogP contribution in [0.4, 0.5) is 0 Å². The lowest BCUT2D eigenvalue weighted by Crippen LogP contribution is -2.62. The summed E-state index contributed by atoms with van der Waals surface area (Å²) in [6, 6.07) is 2.19. The summed E-state index contributed by atoms with van der Waals surface area (Å²) in [5.41, 5.74) is -1.07. The first kappa shape index (κ1) is 27.3. The largest absolute Gasteiger partial charge is 0.303 e. The Morgan fingerprint density at radius 3 is 2.25 bits per heavy atom. The summed E-state index contributed by atoms with van der Waals surface area (Å²) in [5, 5.41) is 9.82. The number of rotatable bonds is 4. The van der Waals surface area contributed by atoms with Gasteiger partial charge in [-0.15, -0.1) is 0 Å². The zero-order chi connectivity index (χ0) is 26.9. The Balaban J connectivity index is 1.71. The fraction of sp³-hybridized carbons (Fsp3) is 0.812. The van der Waals surface area contributed by atoms with Crippen LogP contribution in [0.15, 0.2) is 11.6 Å².